The maximum atomic E-state index is 5.93. The van der Waals surface area contributed by atoms with Crippen molar-refractivity contribution in [2.45, 2.75) is 13.5 Å². The molecule has 0 aliphatic rings. The van der Waals surface area contributed by atoms with Crippen LogP contribution >= 0.6 is 11.6 Å². The summed E-state index contributed by atoms with van der Waals surface area (Å²) in [5.74, 6) is 0.972. The molecule has 6 heteroatoms. The molecule has 1 aromatic carbocycles. The molecule has 0 aliphatic carbocycles. The Balaban J connectivity index is 1.83. The molecule has 0 N–H and O–H groups in total. The highest BCUT2D eigenvalue weighted by Crippen LogP contribution is 2.21. The van der Waals surface area contributed by atoms with Crippen molar-refractivity contribution in [1.82, 2.24) is 20.0 Å². The molecule has 0 saturated carbocycles. The summed E-state index contributed by atoms with van der Waals surface area (Å²) >= 11 is 5.93. The highest BCUT2D eigenvalue weighted by molar-refractivity contribution is 6.30. The van der Waals surface area contributed by atoms with Gasteiger partial charge in [-0.05, 0) is 30.7 Å². The third-order valence-corrected chi connectivity index (χ3v) is 2.83. The topological polar surface area (TPSA) is 56.7 Å². The lowest BCUT2D eigenvalue weighted by Crippen LogP contribution is -1.99. The zero-order chi connectivity index (χ0) is 13.2. The fraction of sp³-hybridized carbons (Fsp3) is 0.154. The van der Waals surface area contributed by atoms with Crippen LogP contribution < -0.4 is 0 Å². The van der Waals surface area contributed by atoms with Crippen LogP contribution in [0.15, 0.2) is 41.1 Å². The largest absolute Gasteiger partial charge is 0.419 e. The molecule has 3 aromatic rings. The van der Waals surface area contributed by atoms with Gasteiger partial charge in [-0.2, -0.15) is 5.10 Å². The van der Waals surface area contributed by atoms with Gasteiger partial charge < -0.3 is 4.42 Å². The van der Waals surface area contributed by atoms with Gasteiger partial charge in [0, 0.05) is 16.8 Å². The molecule has 5 nitrogen and oxygen atoms in total. The third-order valence-electron chi connectivity index (χ3n) is 2.60. The van der Waals surface area contributed by atoms with Crippen LogP contribution in [0.2, 0.25) is 5.02 Å². The average Bonchev–Trinajstić information content (AvgIpc) is 2.99. The summed E-state index contributed by atoms with van der Waals surface area (Å²) in [5, 5.41) is 12.8. The van der Waals surface area contributed by atoms with E-state index in [2.05, 4.69) is 15.3 Å². The number of hydrogen-bond donors (Lipinski definition) is 0. The molecule has 0 unspecified atom stereocenters. The van der Waals surface area contributed by atoms with Crippen molar-refractivity contribution < 1.29 is 4.42 Å². The first-order chi connectivity index (χ1) is 9.20. The highest BCUT2D eigenvalue weighted by atomic mass is 35.5. The van der Waals surface area contributed by atoms with Crippen LogP contribution in [0, 0.1) is 6.92 Å². The lowest BCUT2D eigenvalue weighted by molar-refractivity contribution is 0.474. The SMILES string of the molecule is Cc1cnn(Cc2nnc(-c3cccc(Cl)c3)o2)c1. The van der Waals surface area contributed by atoms with E-state index < -0.39 is 0 Å². The maximum absolute atomic E-state index is 5.93. The van der Waals surface area contributed by atoms with Gasteiger partial charge in [0.2, 0.25) is 11.8 Å². The molecule has 2 heterocycles. The molecular formula is C13H11ClN4O. The van der Waals surface area contributed by atoms with Crippen LogP contribution in [-0.2, 0) is 6.54 Å². The van der Waals surface area contributed by atoms with Crippen LogP contribution in [0.4, 0.5) is 0 Å². The van der Waals surface area contributed by atoms with Crippen LogP contribution in [0.1, 0.15) is 11.5 Å². The van der Waals surface area contributed by atoms with Crippen LogP contribution in [-0.4, -0.2) is 20.0 Å². The Hall–Kier alpha value is -2.14. The maximum Gasteiger partial charge on any atom is 0.247 e. The van der Waals surface area contributed by atoms with E-state index >= 15 is 0 Å². The minimum Gasteiger partial charge on any atom is -0.419 e. The molecule has 0 bridgehead atoms. The van der Waals surface area contributed by atoms with E-state index in [1.165, 1.54) is 0 Å². The minimum atomic E-state index is 0.460. The van der Waals surface area contributed by atoms with E-state index in [4.69, 9.17) is 16.0 Å². The molecule has 0 fully saturated rings. The molecule has 96 valence electrons. The quantitative estimate of drug-likeness (QED) is 0.737. The lowest BCUT2D eigenvalue weighted by atomic mass is 10.2. The Morgan fingerprint density at radius 3 is 2.95 bits per heavy atom. The van der Waals surface area contributed by atoms with Crippen molar-refractivity contribution in [2.24, 2.45) is 0 Å². The number of rotatable bonds is 3. The molecule has 0 spiro atoms. The second kappa shape index (κ2) is 4.85. The van der Waals surface area contributed by atoms with Crippen molar-refractivity contribution in [3.63, 3.8) is 0 Å². The highest BCUT2D eigenvalue weighted by Gasteiger charge is 2.09. The van der Waals surface area contributed by atoms with Crippen LogP contribution in [0.5, 0.6) is 0 Å². The Morgan fingerprint density at radius 2 is 2.21 bits per heavy atom. The number of benzene rings is 1. The van der Waals surface area contributed by atoms with Crippen molar-refractivity contribution in [1.29, 1.82) is 0 Å². The second-order valence-corrected chi connectivity index (χ2v) is 4.66. The Labute approximate surface area is 114 Å². The first kappa shape index (κ1) is 11.9. The van der Waals surface area contributed by atoms with E-state index in [1.807, 2.05) is 25.3 Å². The summed E-state index contributed by atoms with van der Waals surface area (Å²) in [6, 6.07) is 7.31. The molecule has 2 aromatic heterocycles. The number of aromatic nitrogens is 4. The zero-order valence-electron chi connectivity index (χ0n) is 10.2. The van der Waals surface area contributed by atoms with Gasteiger partial charge in [0.1, 0.15) is 6.54 Å². The number of halogens is 1. The monoisotopic (exact) mass is 274 g/mol. The lowest BCUT2D eigenvalue weighted by Gasteiger charge is -1.96. The summed E-state index contributed by atoms with van der Waals surface area (Å²) in [6.45, 7) is 2.44. The fourth-order valence-electron chi connectivity index (χ4n) is 1.75. The summed E-state index contributed by atoms with van der Waals surface area (Å²) < 4.78 is 7.35. The number of hydrogen-bond acceptors (Lipinski definition) is 4. The van der Waals surface area contributed by atoms with Crippen LogP contribution in [0.3, 0.4) is 0 Å². The van der Waals surface area contributed by atoms with Gasteiger partial charge in [-0.1, -0.05) is 17.7 Å². The Kier molecular flexibility index (Phi) is 3.05. The number of aryl methyl sites for hydroxylation is 1. The molecule has 3 rings (SSSR count). The molecular weight excluding hydrogens is 264 g/mol. The van der Waals surface area contributed by atoms with Gasteiger partial charge in [-0.15, -0.1) is 10.2 Å². The summed E-state index contributed by atoms with van der Waals surface area (Å²) in [5.41, 5.74) is 1.90. The van der Waals surface area contributed by atoms with Gasteiger partial charge in [0.15, 0.2) is 0 Å². The zero-order valence-corrected chi connectivity index (χ0v) is 11.0. The molecule has 0 amide bonds. The second-order valence-electron chi connectivity index (χ2n) is 4.23. The summed E-state index contributed by atoms with van der Waals surface area (Å²) in [6.07, 6.45) is 3.71. The molecule has 0 saturated heterocycles. The van der Waals surface area contributed by atoms with E-state index in [9.17, 15) is 0 Å². The van der Waals surface area contributed by atoms with Crippen molar-refractivity contribution >= 4 is 11.6 Å². The molecule has 0 radical (unpaired) electrons. The van der Waals surface area contributed by atoms with E-state index in [0.29, 0.717) is 23.3 Å². The summed E-state index contributed by atoms with van der Waals surface area (Å²) in [7, 11) is 0. The van der Waals surface area contributed by atoms with E-state index in [1.54, 1.807) is 23.0 Å². The van der Waals surface area contributed by atoms with Crippen molar-refractivity contribution in [3.05, 3.63) is 53.1 Å². The van der Waals surface area contributed by atoms with Gasteiger partial charge in [0.05, 0.1) is 6.20 Å². The van der Waals surface area contributed by atoms with Crippen molar-refractivity contribution in [2.75, 3.05) is 0 Å². The summed E-state index contributed by atoms with van der Waals surface area (Å²) in [4.78, 5) is 0. The van der Waals surface area contributed by atoms with Crippen molar-refractivity contribution in [3.8, 4) is 11.5 Å². The van der Waals surface area contributed by atoms with Gasteiger partial charge in [-0.25, -0.2) is 0 Å². The average molecular weight is 275 g/mol. The number of nitrogens with zero attached hydrogens (tertiary/aromatic N) is 4. The first-order valence-corrected chi connectivity index (χ1v) is 6.16. The molecule has 0 atom stereocenters. The van der Waals surface area contributed by atoms with Gasteiger partial charge in [-0.3, -0.25) is 4.68 Å². The van der Waals surface area contributed by atoms with E-state index in [-0.39, 0.29) is 0 Å². The minimum absolute atomic E-state index is 0.460. The fourth-order valence-corrected chi connectivity index (χ4v) is 1.94. The standard InChI is InChI=1S/C13H11ClN4O/c1-9-6-15-18(7-9)8-12-16-17-13(19-12)10-3-2-4-11(14)5-10/h2-7H,8H2,1H3. The van der Waals surface area contributed by atoms with Gasteiger partial charge in [0.25, 0.3) is 0 Å². The Morgan fingerprint density at radius 1 is 1.32 bits per heavy atom. The predicted octanol–water partition coefficient (Wildman–Crippen LogP) is 2.94. The Bertz CT molecular complexity index is 704. The molecule has 0 aliphatic heterocycles. The van der Waals surface area contributed by atoms with Crippen LogP contribution in [0.25, 0.3) is 11.5 Å². The van der Waals surface area contributed by atoms with E-state index in [0.717, 1.165) is 11.1 Å². The normalized spacial score (nSPS) is 10.8. The predicted molar refractivity (Wildman–Crippen MR) is 70.8 cm³/mol. The van der Waals surface area contributed by atoms with Gasteiger partial charge >= 0.3 is 0 Å². The first-order valence-electron chi connectivity index (χ1n) is 5.78. The third kappa shape index (κ3) is 2.66. The smallest absolute Gasteiger partial charge is 0.247 e. The molecule has 19 heavy (non-hydrogen) atoms.